The van der Waals surface area contributed by atoms with Crippen molar-refractivity contribution >= 4 is 45.5 Å². The van der Waals surface area contributed by atoms with Gasteiger partial charge in [0.05, 0.1) is 11.9 Å². The van der Waals surface area contributed by atoms with Gasteiger partial charge in [-0.2, -0.15) is 0 Å². The lowest BCUT2D eigenvalue weighted by Crippen LogP contribution is -2.59. The van der Waals surface area contributed by atoms with E-state index < -0.39 is 34.9 Å². The number of aliphatic hydroxyl groups is 1. The number of hydrogen-bond donors (Lipinski definition) is 4. The van der Waals surface area contributed by atoms with E-state index in [4.69, 9.17) is 0 Å². The number of nitrogens with zero attached hydrogens (tertiary/aromatic N) is 1. The number of halogens is 1. The monoisotopic (exact) mass is 652 g/mol. The first-order chi connectivity index (χ1) is 20.0. The van der Waals surface area contributed by atoms with E-state index in [9.17, 15) is 19.5 Å². The van der Waals surface area contributed by atoms with Crippen molar-refractivity contribution < 1.29 is 19.5 Å². The molecule has 1 aliphatic rings. The standard InChI is InChI=1S/C32H37BrN4O4S/c1-21-9-7-8-12-24(21)19-34-29(39)28-32(2,3)42-20-37(28)30(40)27(38)26(17-22-10-5-4-6-11-22)36-31(41)35-18-23-13-15-25(33)16-14-23/h4-16,26-28,38H,17-20H2,1-3H3,(H,34,39)(H2,35,36,41)/t26-,27-,28+/m0/s1. The van der Waals surface area contributed by atoms with Gasteiger partial charge in [-0.3, -0.25) is 9.59 Å². The van der Waals surface area contributed by atoms with Crippen LogP contribution in [0.4, 0.5) is 4.79 Å². The van der Waals surface area contributed by atoms with Gasteiger partial charge in [0.2, 0.25) is 5.91 Å². The zero-order valence-electron chi connectivity index (χ0n) is 24.0. The van der Waals surface area contributed by atoms with E-state index in [1.807, 2.05) is 99.6 Å². The number of amides is 4. The highest BCUT2D eigenvalue weighted by Gasteiger charge is 2.49. The first-order valence-electron chi connectivity index (χ1n) is 13.8. The maximum Gasteiger partial charge on any atom is 0.315 e. The molecule has 42 heavy (non-hydrogen) atoms. The third-order valence-electron chi connectivity index (χ3n) is 7.41. The molecule has 222 valence electrons. The molecule has 4 amide bonds. The van der Waals surface area contributed by atoms with Crippen LogP contribution in [0.15, 0.2) is 83.3 Å². The average molecular weight is 654 g/mol. The van der Waals surface area contributed by atoms with Gasteiger partial charge < -0.3 is 26.0 Å². The van der Waals surface area contributed by atoms with E-state index in [-0.39, 0.29) is 24.7 Å². The summed E-state index contributed by atoms with van der Waals surface area (Å²) in [6, 6.07) is 22.5. The molecular formula is C32H37BrN4O4S. The summed E-state index contributed by atoms with van der Waals surface area (Å²) < 4.78 is 0.362. The number of thioether (sulfide) groups is 1. The predicted molar refractivity (Wildman–Crippen MR) is 170 cm³/mol. The fourth-order valence-electron chi connectivity index (χ4n) is 4.96. The van der Waals surface area contributed by atoms with E-state index in [1.54, 1.807) is 0 Å². The number of hydrogen-bond acceptors (Lipinski definition) is 5. The molecule has 0 radical (unpaired) electrons. The van der Waals surface area contributed by atoms with Crippen LogP contribution >= 0.6 is 27.7 Å². The lowest BCUT2D eigenvalue weighted by atomic mass is 9.97. The molecule has 3 aromatic rings. The van der Waals surface area contributed by atoms with Gasteiger partial charge in [-0.05, 0) is 61.6 Å². The first kappa shape index (κ1) is 31.6. The fraction of sp³-hybridized carbons (Fsp3) is 0.344. The largest absolute Gasteiger partial charge is 0.381 e. The van der Waals surface area contributed by atoms with Crippen LogP contribution in [-0.2, 0) is 29.1 Å². The summed E-state index contributed by atoms with van der Waals surface area (Å²) in [5.74, 6) is -0.633. The van der Waals surface area contributed by atoms with Gasteiger partial charge >= 0.3 is 6.03 Å². The topological polar surface area (TPSA) is 111 Å². The summed E-state index contributed by atoms with van der Waals surface area (Å²) in [5.41, 5.74) is 3.81. The highest BCUT2D eigenvalue weighted by Crippen LogP contribution is 2.40. The van der Waals surface area contributed by atoms with Gasteiger partial charge in [-0.1, -0.05) is 82.7 Å². The fourth-order valence-corrected chi connectivity index (χ4v) is 6.36. The SMILES string of the molecule is Cc1ccccc1CNC(=O)[C@H]1N(C(=O)[C@@H](O)[C@H](Cc2ccccc2)NC(=O)NCc2ccc(Br)cc2)CSC1(C)C. The number of urea groups is 1. The summed E-state index contributed by atoms with van der Waals surface area (Å²) >= 11 is 4.88. The van der Waals surface area contributed by atoms with Gasteiger partial charge in [-0.25, -0.2) is 4.79 Å². The van der Waals surface area contributed by atoms with Crippen LogP contribution in [0.5, 0.6) is 0 Å². The number of nitrogens with one attached hydrogen (secondary N) is 3. The minimum Gasteiger partial charge on any atom is -0.381 e. The minimum atomic E-state index is -1.56. The van der Waals surface area contributed by atoms with E-state index >= 15 is 0 Å². The van der Waals surface area contributed by atoms with Gasteiger partial charge in [-0.15, -0.1) is 11.8 Å². The molecular weight excluding hydrogens is 616 g/mol. The lowest BCUT2D eigenvalue weighted by molar-refractivity contribution is -0.147. The molecule has 1 fully saturated rings. The molecule has 4 rings (SSSR count). The molecule has 4 N–H and O–H groups in total. The molecule has 0 unspecified atom stereocenters. The molecule has 1 saturated heterocycles. The van der Waals surface area contributed by atoms with Crippen LogP contribution in [0.25, 0.3) is 0 Å². The van der Waals surface area contributed by atoms with Crippen LogP contribution in [-0.4, -0.2) is 56.7 Å². The second-order valence-electron chi connectivity index (χ2n) is 10.9. The van der Waals surface area contributed by atoms with Gasteiger partial charge in [0.15, 0.2) is 6.10 Å². The molecule has 3 aromatic carbocycles. The Labute approximate surface area is 259 Å². The van der Waals surface area contributed by atoms with Crippen molar-refractivity contribution in [1.29, 1.82) is 0 Å². The van der Waals surface area contributed by atoms with Crippen LogP contribution in [0.2, 0.25) is 0 Å². The third-order valence-corrected chi connectivity index (χ3v) is 9.31. The van der Waals surface area contributed by atoms with E-state index in [0.717, 1.165) is 26.7 Å². The smallest absolute Gasteiger partial charge is 0.315 e. The Bertz CT molecular complexity index is 1390. The summed E-state index contributed by atoms with van der Waals surface area (Å²) in [6.45, 7) is 6.44. The normalized spacial score (nSPS) is 17.3. The molecule has 1 aliphatic heterocycles. The zero-order valence-corrected chi connectivity index (χ0v) is 26.4. The van der Waals surface area contributed by atoms with Crippen molar-refractivity contribution in [3.63, 3.8) is 0 Å². The minimum absolute atomic E-state index is 0.230. The van der Waals surface area contributed by atoms with Crippen LogP contribution in [0.1, 0.15) is 36.1 Å². The Hall–Kier alpha value is -3.34. The van der Waals surface area contributed by atoms with E-state index in [1.165, 1.54) is 16.7 Å². The molecule has 0 saturated carbocycles. The number of rotatable bonds is 10. The second kappa shape index (κ2) is 14.2. The second-order valence-corrected chi connectivity index (χ2v) is 13.4. The molecule has 0 aliphatic carbocycles. The Kier molecular flexibility index (Phi) is 10.7. The van der Waals surface area contributed by atoms with Crippen molar-refractivity contribution in [2.24, 2.45) is 0 Å². The Morgan fingerprint density at radius 1 is 0.952 bits per heavy atom. The number of benzene rings is 3. The van der Waals surface area contributed by atoms with Crippen molar-refractivity contribution in [3.05, 3.63) is 106 Å². The van der Waals surface area contributed by atoms with Crippen molar-refractivity contribution in [2.45, 2.75) is 63.2 Å². The third kappa shape index (κ3) is 8.14. The van der Waals surface area contributed by atoms with E-state index in [2.05, 4.69) is 31.9 Å². The van der Waals surface area contributed by atoms with Crippen molar-refractivity contribution in [1.82, 2.24) is 20.9 Å². The van der Waals surface area contributed by atoms with Gasteiger partial charge in [0.1, 0.15) is 6.04 Å². The summed E-state index contributed by atoms with van der Waals surface area (Å²) in [4.78, 5) is 41.6. The maximum atomic E-state index is 13.8. The molecule has 0 spiro atoms. The molecule has 0 bridgehead atoms. The Morgan fingerprint density at radius 2 is 1.62 bits per heavy atom. The molecule has 8 nitrogen and oxygen atoms in total. The molecule has 3 atom stereocenters. The van der Waals surface area contributed by atoms with Crippen LogP contribution < -0.4 is 16.0 Å². The Balaban J connectivity index is 1.47. The summed E-state index contributed by atoms with van der Waals surface area (Å²) in [5, 5.41) is 20.0. The van der Waals surface area contributed by atoms with E-state index in [0.29, 0.717) is 6.54 Å². The molecule has 10 heteroatoms. The maximum absolute atomic E-state index is 13.8. The van der Waals surface area contributed by atoms with Crippen molar-refractivity contribution in [3.8, 4) is 0 Å². The summed E-state index contributed by atoms with van der Waals surface area (Å²) in [7, 11) is 0. The Morgan fingerprint density at radius 3 is 2.31 bits per heavy atom. The van der Waals surface area contributed by atoms with Crippen LogP contribution in [0, 0.1) is 6.92 Å². The van der Waals surface area contributed by atoms with Crippen LogP contribution in [0.3, 0.4) is 0 Å². The van der Waals surface area contributed by atoms with Crippen molar-refractivity contribution in [2.75, 3.05) is 5.88 Å². The lowest BCUT2D eigenvalue weighted by Gasteiger charge is -2.33. The number of carbonyl (C=O) groups excluding carboxylic acids is 3. The highest BCUT2D eigenvalue weighted by molar-refractivity contribution is 9.10. The highest BCUT2D eigenvalue weighted by atomic mass is 79.9. The zero-order chi connectivity index (χ0) is 30.3. The number of aliphatic hydroxyl groups excluding tert-OH is 1. The summed E-state index contributed by atoms with van der Waals surface area (Å²) in [6.07, 6.45) is -1.33. The quantitative estimate of drug-likeness (QED) is 0.257. The van der Waals surface area contributed by atoms with Gasteiger partial charge in [0, 0.05) is 22.3 Å². The molecule has 1 heterocycles. The van der Waals surface area contributed by atoms with Gasteiger partial charge in [0.25, 0.3) is 5.91 Å². The molecule has 0 aromatic heterocycles. The first-order valence-corrected chi connectivity index (χ1v) is 15.6. The average Bonchev–Trinajstić information content (AvgIpc) is 3.30. The predicted octanol–water partition coefficient (Wildman–Crippen LogP) is 4.53. The number of aryl methyl sites for hydroxylation is 1. The number of carbonyl (C=O) groups is 3.